The summed E-state index contributed by atoms with van der Waals surface area (Å²) in [6.45, 7) is 0.571. The van der Waals surface area contributed by atoms with Crippen molar-refractivity contribution < 1.29 is 8.42 Å². The van der Waals surface area contributed by atoms with Crippen molar-refractivity contribution in [2.75, 3.05) is 11.8 Å². The van der Waals surface area contributed by atoms with E-state index in [1.165, 1.54) is 6.20 Å². The molecule has 2 rings (SSSR count). The average molecular weight is 379 g/mol. The normalized spacial score (nSPS) is 11.6. The zero-order chi connectivity index (χ0) is 14.8. The van der Waals surface area contributed by atoms with Gasteiger partial charge in [0.1, 0.15) is 4.90 Å². The number of aromatic nitrogens is 1. The first-order valence-electron chi connectivity index (χ1n) is 5.72. The van der Waals surface area contributed by atoms with Crippen LogP contribution < -0.4 is 10.0 Å². The van der Waals surface area contributed by atoms with E-state index in [0.717, 1.165) is 5.69 Å². The molecule has 20 heavy (non-hydrogen) atoms. The van der Waals surface area contributed by atoms with E-state index in [1.807, 2.05) is 0 Å². The van der Waals surface area contributed by atoms with E-state index in [9.17, 15) is 8.42 Å². The molecule has 0 radical (unpaired) electrons. The molecule has 0 bridgehead atoms. The van der Waals surface area contributed by atoms with Gasteiger partial charge in [-0.3, -0.25) is 4.72 Å². The highest BCUT2D eigenvalue weighted by Crippen LogP contribution is 2.27. The molecule has 1 aromatic heterocycles. The van der Waals surface area contributed by atoms with Crippen LogP contribution in [-0.2, 0) is 16.6 Å². The van der Waals surface area contributed by atoms with Gasteiger partial charge in [0.15, 0.2) is 0 Å². The summed E-state index contributed by atoms with van der Waals surface area (Å²) in [6, 6.07) is 6.42. The van der Waals surface area contributed by atoms with Crippen molar-refractivity contribution >= 4 is 43.2 Å². The fourth-order valence-corrected chi connectivity index (χ4v) is 3.20. The van der Waals surface area contributed by atoms with Gasteiger partial charge >= 0.3 is 0 Å². The molecule has 2 aromatic rings. The Balaban J connectivity index is 2.23. The van der Waals surface area contributed by atoms with Crippen LogP contribution in [-0.4, -0.2) is 20.4 Å². The molecular weight excluding hydrogens is 366 g/mol. The smallest absolute Gasteiger partial charge is 0.263 e. The average Bonchev–Trinajstić information content (AvgIpc) is 2.83. The summed E-state index contributed by atoms with van der Waals surface area (Å²) in [5.74, 6) is 0. The largest absolute Gasteiger partial charge is 0.363 e. The van der Waals surface area contributed by atoms with Crippen LogP contribution in [0.4, 0.5) is 5.69 Å². The summed E-state index contributed by atoms with van der Waals surface area (Å²) >= 11 is 9.12. The van der Waals surface area contributed by atoms with Crippen molar-refractivity contribution in [2.24, 2.45) is 0 Å². The van der Waals surface area contributed by atoms with Crippen molar-refractivity contribution in [3.05, 3.63) is 45.7 Å². The van der Waals surface area contributed by atoms with E-state index in [2.05, 4.69) is 31.0 Å². The molecule has 0 amide bonds. The van der Waals surface area contributed by atoms with E-state index in [4.69, 9.17) is 11.6 Å². The van der Waals surface area contributed by atoms with E-state index in [1.54, 1.807) is 31.3 Å². The predicted molar refractivity (Wildman–Crippen MR) is 83.5 cm³/mol. The minimum atomic E-state index is -3.61. The molecule has 0 aliphatic carbocycles. The first-order valence-corrected chi connectivity index (χ1v) is 8.37. The van der Waals surface area contributed by atoms with Crippen molar-refractivity contribution in [1.82, 2.24) is 10.3 Å². The molecule has 0 unspecified atom stereocenters. The number of sulfonamides is 1. The maximum Gasteiger partial charge on any atom is 0.263 e. The second-order valence-electron chi connectivity index (χ2n) is 4.13. The lowest BCUT2D eigenvalue weighted by Crippen LogP contribution is -2.12. The summed E-state index contributed by atoms with van der Waals surface area (Å²) in [7, 11) is -1.82. The molecule has 0 atom stereocenters. The van der Waals surface area contributed by atoms with E-state index < -0.39 is 10.0 Å². The van der Waals surface area contributed by atoms with Crippen LogP contribution in [0, 0.1) is 0 Å². The number of nitrogens with one attached hydrogen (secondary N) is 3. The Hall–Kier alpha value is -1.02. The van der Waals surface area contributed by atoms with Crippen molar-refractivity contribution in [2.45, 2.75) is 11.4 Å². The molecule has 108 valence electrons. The van der Waals surface area contributed by atoms with Crippen LogP contribution in [0.3, 0.4) is 0 Å². The number of aromatic amines is 1. The zero-order valence-electron chi connectivity index (χ0n) is 10.6. The molecule has 8 heteroatoms. The molecule has 1 heterocycles. The lowest BCUT2D eigenvalue weighted by atomic mass is 10.3. The van der Waals surface area contributed by atoms with Crippen LogP contribution >= 0.6 is 27.5 Å². The molecule has 3 N–H and O–H groups in total. The highest BCUT2D eigenvalue weighted by Gasteiger charge is 2.16. The van der Waals surface area contributed by atoms with Crippen LogP contribution in [0.5, 0.6) is 0 Å². The van der Waals surface area contributed by atoms with Gasteiger partial charge in [-0.05, 0) is 47.2 Å². The van der Waals surface area contributed by atoms with E-state index >= 15 is 0 Å². The number of anilines is 1. The van der Waals surface area contributed by atoms with Gasteiger partial charge in [0.05, 0.1) is 10.7 Å². The quantitative estimate of drug-likeness (QED) is 0.749. The highest BCUT2D eigenvalue weighted by molar-refractivity contribution is 9.10. The third kappa shape index (κ3) is 3.54. The van der Waals surface area contributed by atoms with Gasteiger partial charge in [-0.1, -0.05) is 11.6 Å². The summed E-state index contributed by atoms with van der Waals surface area (Å²) in [5.41, 5.74) is 1.24. The van der Waals surface area contributed by atoms with Gasteiger partial charge in [-0.2, -0.15) is 0 Å². The van der Waals surface area contributed by atoms with Gasteiger partial charge in [0.2, 0.25) is 0 Å². The number of halogens is 2. The second kappa shape index (κ2) is 6.17. The Kier molecular flexibility index (Phi) is 4.74. The summed E-state index contributed by atoms with van der Waals surface area (Å²) in [6.07, 6.45) is 1.46. The molecule has 0 aliphatic rings. The van der Waals surface area contributed by atoms with Crippen molar-refractivity contribution in [1.29, 1.82) is 0 Å². The second-order valence-corrected chi connectivity index (χ2v) is 7.07. The van der Waals surface area contributed by atoms with Gasteiger partial charge in [-0.15, -0.1) is 0 Å². The standard InChI is InChI=1S/C12H13BrClN3O2S/c1-15-6-9-4-10(7-16-9)20(18,19)17-8-2-3-12(14)11(13)5-8/h2-5,7,15-17H,6H2,1H3. The molecule has 0 saturated heterocycles. The maximum atomic E-state index is 12.2. The first-order chi connectivity index (χ1) is 9.42. The predicted octanol–water partition coefficient (Wildman–Crippen LogP) is 2.95. The van der Waals surface area contributed by atoms with E-state index in [-0.39, 0.29) is 4.90 Å². The van der Waals surface area contributed by atoms with Crippen LogP contribution in [0.25, 0.3) is 0 Å². The molecule has 1 aromatic carbocycles. The molecular formula is C12H13BrClN3O2S. The lowest BCUT2D eigenvalue weighted by molar-refractivity contribution is 0.601. The van der Waals surface area contributed by atoms with Gasteiger partial charge in [-0.25, -0.2) is 8.42 Å². The summed E-state index contributed by atoms with van der Waals surface area (Å²) < 4.78 is 27.6. The number of hydrogen-bond donors (Lipinski definition) is 3. The lowest BCUT2D eigenvalue weighted by Gasteiger charge is -2.07. The fourth-order valence-electron chi connectivity index (χ4n) is 1.64. The Morgan fingerprint density at radius 1 is 1.35 bits per heavy atom. The molecule has 0 spiro atoms. The number of benzene rings is 1. The van der Waals surface area contributed by atoms with Crippen molar-refractivity contribution in [3.63, 3.8) is 0 Å². The molecule has 0 aliphatic heterocycles. The van der Waals surface area contributed by atoms with E-state index in [0.29, 0.717) is 21.7 Å². The highest BCUT2D eigenvalue weighted by atomic mass is 79.9. The number of rotatable bonds is 5. The Labute approximate surface area is 130 Å². The fraction of sp³-hybridized carbons (Fsp3) is 0.167. The summed E-state index contributed by atoms with van der Waals surface area (Å²) in [5, 5.41) is 3.46. The van der Waals surface area contributed by atoms with Gasteiger partial charge < -0.3 is 10.3 Å². The van der Waals surface area contributed by atoms with Crippen LogP contribution in [0.2, 0.25) is 5.02 Å². The number of hydrogen-bond acceptors (Lipinski definition) is 3. The first kappa shape index (κ1) is 15.4. The Morgan fingerprint density at radius 2 is 2.10 bits per heavy atom. The minimum Gasteiger partial charge on any atom is -0.363 e. The SMILES string of the molecule is CNCc1cc(S(=O)(=O)Nc2ccc(Cl)c(Br)c2)c[nH]1. The van der Waals surface area contributed by atoms with Crippen LogP contribution in [0.1, 0.15) is 5.69 Å². The molecule has 5 nitrogen and oxygen atoms in total. The van der Waals surface area contributed by atoms with Crippen molar-refractivity contribution in [3.8, 4) is 0 Å². The zero-order valence-corrected chi connectivity index (χ0v) is 13.7. The third-order valence-corrected chi connectivity index (χ3v) is 5.14. The third-order valence-electron chi connectivity index (χ3n) is 2.57. The molecule has 0 fully saturated rings. The summed E-state index contributed by atoms with van der Waals surface area (Å²) in [4.78, 5) is 3.10. The maximum absolute atomic E-state index is 12.2. The topological polar surface area (TPSA) is 74.0 Å². The Morgan fingerprint density at radius 3 is 2.75 bits per heavy atom. The van der Waals surface area contributed by atoms with Crippen LogP contribution in [0.15, 0.2) is 39.8 Å². The van der Waals surface area contributed by atoms with Gasteiger partial charge in [0.25, 0.3) is 10.0 Å². The Bertz CT molecular complexity index is 715. The number of H-pyrrole nitrogens is 1. The minimum absolute atomic E-state index is 0.189. The monoisotopic (exact) mass is 377 g/mol. The molecule has 0 saturated carbocycles. The van der Waals surface area contributed by atoms with Gasteiger partial charge in [0, 0.05) is 22.9 Å².